The zero-order valence-corrected chi connectivity index (χ0v) is 62.8. The van der Waals surface area contributed by atoms with Gasteiger partial charge in [-0.2, -0.15) is 0 Å². The van der Waals surface area contributed by atoms with E-state index in [2.05, 4.69) is 16.0 Å². The number of amides is 5. The number of imide groups is 1. The van der Waals surface area contributed by atoms with E-state index in [-0.39, 0.29) is 43.8 Å². The molecule has 604 valence electrons. The molecule has 5 amide bonds. The molecule has 0 radical (unpaired) electrons. The summed E-state index contributed by atoms with van der Waals surface area (Å²) in [5, 5.41) is 8.57. The van der Waals surface area contributed by atoms with Gasteiger partial charge in [0.25, 0.3) is 11.8 Å². The van der Waals surface area contributed by atoms with Gasteiger partial charge in [-0.3, -0.25) is 28.9 Å². The molecule has 0 aromatic rings. The summed E-state index contributed by atoms with van der Waals surface area (Å²) < 4.78 is 132. The fraction of sp³-hybridized carbons (Fsp3) is 0.896. The molecule has 2 heterocycles. The Bertz CT molecular complexity index is 1940. The van der Waals surface area contributed by atoms with E-state index in [1.807, 2.05) is 0 Å². The Morgan fingerprint density at radius 3 is 0.922 bits per heavy atom. The predicted octanol–water partition coefficient (Wildman–Crippen LogP) is -0.302. The van der Waals surface area contributed by atoms with Crippen LogP contribution in [0.3, 0.4) is 0 Å². The first-order valence-corrected chi connectivity index (χ1v) is 38.5. The molecular weight excluding hydrogens is 1400 g/mol. The van der Waals surface area contributed by atoms with Crippen molar-refractivity contribution in [1.82, 2.24) is 20.9 Å². The summed E-state index contributed by atoms with van der Waals surface area (Å²) in [5.41, 5.74) is 5.78. The highest BCUT2D eigenvalue weighted by Gasteiger charge is 2.37. The zero-order chi connectivity index (χ0) is 73.7. The van der Waals surface area contributed by atoms with Crippen molar-refractivity contribution in [2.24, 2.45) is 5.73 Å². The number of methoxy groups -OCH3 is 1. The fourth-order valence-corrected chi connectivity index (χ4v) is 10.9. The van der Waals surface area contributed by atoms with Gasteiger partial charge < -0.3 is 135 Å². The molecule has 0 bridgehead atoms. The summed E-state index contributed by atoms with van der Waals surface area (Å²) in [6.07, 6.45) is 4.48. The molecular formula is C67H125N5O29S2. The molecule has 0 spiro atoms. The molecule has 5 N–H and O–H groups in total. The Kier molecular flexibility index (Phi) is 72.0. The van der Waals surface area contributed by atoms with E-state index in [4.69, 9.17) is 119 Å². The third kappa shape index (κ3) is 63.6. The largest absolute Gasteiger partial charge is 0.382 e. The highest BCUT2D eigenvalue weighted by molar-refractivity contribution is 8.76. The third-order valence-electron chi connectivity index (χ3n) is 13.9. The van der Waals surface area contributed by atoms with Gasteiger partial charge in [0, 0.05) is 56.3 Å². The maximum absolute atomic E-state index is 13.3. The Balaban J connectivity index is 1.16. The average molecular weight is 1530 g/mol. The van der Waals surface area contributed by atoms with E-state index in [0.29, 0.717) is 323 Å². The van der Waals surface area contributed by atoms with Crippen LogP contribution in [0.5, 0.6) is 0 Å². The topological polar surface area (TPSA) is 372 Å². The van der Waals surface area contributed by atoms with Crippen molar-refractivity contribution in [3.8, 4) is 0 Å². The van der Waals surface area contributed by atoms with Crippen molar-refractivity contribution in [2.45, 2.75) is 50.2 Å². The first-order chi connectivity index (χ1) is 50.9. The molecule has 1 fully saturated rings. The zero-order valence-electron chi connectivity index (χ0n) is 61.2. The number of hydrogen-bond donors (Lipinski definition) is 4. The molecule has 0 aliphatic carbocycles. The third-order valence-corrected chi connectivity index (χ3v) is 16.4. The van der Waals surface area contributed by atoms with Crippen LogP contribution in [-0.2, 0) is 138 Å². The van der Waals surface area contributed by atoms with Crippen LogP contribution in [-0.4, -0.2) is 395 Å². The second-order valence-corrected chi connectivity index (χ2v) is 24.6. The normalized spacial score (nSPS) is 14.5. The summed E-state index contributed by atoms with van der Waals surface area (Å²) in [5.74, 6) is -0.840. The summed E-state index contributed by atoms with van der Waals surface area (Å²) in [6.45, 7) is 22.0. The van der Waals surface area contributed by atoms with Crippen molar-refractivity contribution < 1.29 is 138 Å². The van der Waals surface area contributed by atoms with Gasteiger partial charge in [-0.1, -0.05) is 21.6 Å². The van der Waals surface area contributed by atoms with Gasteiger partial charge in [-0.05, 0) is 25.7 Å². The molecule has 2 aliphatic rings. The minimum absolute atomic E-state index is 0.0361. The Hall–Kier alpha value is -3.01. The second kappa shape index (κ2) is 77.2. The van der Waals surface area contributed by atoms with Crippen LogP contribution >= 0.6 is 21.6 Å². The summed E-state index contributed by atoms with van der Waals surface area (Å²) in [4.78, 5) is 64.1. The molecule has 0 aromatic heterocycles. The lowest BCUT2D eigenvalue weighted by Gasteiger charge is -2.28. The number of unbranched alkanes of at least 4 members (excludes halogenated alkanes) is 1. The predicted molar refractivity (Wildman–Crippen MR) is 379 cm³/mol. The monoisotopic (exact) mass is 1530 g/mol. The van der Waals surface area contributed by atoms with Gasteiger partial charge in [0.2, 0.25) is 17.7 Å². The lowest BCUT2D eigenvalue weighted by molar-refractivity contribution is -0.145. The van der Waals surface area contributed by atoms with Gasteiger partial charge in [0.1, 0.15) is 12.1 Å². The van der Waals surface area contributed by atoms with E-state index in [1.165, 1.54) is 0 Å². The van der Waals surface area contributed by atoms with E-state index in [0.717, 1.165) is 35.0 Å². The van der Waals surface area contributed by atoms with Gasteiger partial charge in [0.15, 0.2) is 0 Å². The van der Waals surface area contributed by atoms with Crippen LogP contribution in [0.15, 0.2) is 12.2 Å². The molecule has 34 nitrogen and oxygen atoms in total. The van der Waals surface area contributed by atoms with E-state index in [9.17, 15) is 24.0 Å². The van der Waals surface area contributed by atoms with Crippen molar-refractivity contribution in [3.63, 3.8) is 0 Å². The number of carbonyl (C=O) groups excluding carboxylic acids is 5. The smallest absolute Gasteiger partial charge is 0.254 e. The van der Waals surface area contributed by atoms with Crippen LogP contribution in [0.2, 0.25) is 0 Å². The van der Waals surface area contributed by atoms with E-state index < -0.39 is 29.8 Å². The number of nitrogens with one attached hydrogen (secondary N) is 3. The number of hydrogen-bond acceptors (Lipinski definition) is 32. The van der Waals surface area contributed by atoms with Gasteiger partial charge >= 0.3 is 0 Å². The number of rotatable bonds is 83. The number of nitrogens with zero attached hydrogens (tertiary/aromatic N) is 1. The first kappa shape index (κ1) is 96.1. The minimum Gasteiger partial charge on any atom is -0.382 e. The van der Waals surface area contributed by atoms with Gasteiger partial charge in [-0.25, -0.2) is 0 Å². The highest BCUT2D eigenvalue weighted by Crippen LogP contribution is 2.29. The van der Waals surface area contributed by atoms with Gasteiger partial charge in [0.05, 0.1) is 311 Å². The van der Waals surface area contributed by atoms with Crippen molar-refractivity contribution in [2.75, 3.05) is 342 Å². The molecule has 1 saturated heterocycles. The van der Waals surface area contributed by atoms with Crippen LogP contribution in [0.4, 0.5) is 0 Å². The summed E-state index contributed by atoms with van der Waals surface area (Å²) in [6, 6.07) is -2.20. The average Bonchev–Trinajstić information content (AvgIpc) is 1.73. The van der Waals surface area contributed by atoms with Crippen LogP contribution in [0, 0.1) is 0 Å². The Morgan fingerprint density at radius 2 is 0.670 bits per heavy atom. The van der Waals surface area contributed by atoms with Crippen LogP contribution in [0.25, 0.3) is 0 Å². The number of carbonyl (C=O) groups is 5. The standard InChI is InChI=1S/C67H125N5O29S2/c1-78-11-12-80-15-16-82-19-20-84-23-24-86-27-28-88-31-32-90-35-36-92-39-40-94-43-44-96-47-48-98-51-52-100-55-56-101-54-53-99-50-49-97-46-45-95-42-41-93-38-37-91-34-33-89-30-29-87-26-25-85-22-21-83-18-17-81-14-13-79-10-7-63(73)69-9-3-2-4-61(66(76)70-60-8-57-102-103-59-60)71-67(77)62(58-68)72-64(74)5-6-65(72)75/h5-6,60-62H,2-4,7-59,68H2,1H3,(H,69,73)(H,70,76)(H,71,77)/t60?,61-,62-/m0/s1. The maximum Gasteiger partial charge on any atom is 0.254 e. The molecule has 3 atom stereocenters. The van der Waals surface area contributed by atoms with Crippen molar-refractivity contribution in [3.05, 3.63) is 12.2 Å². The molecule has 0 aromatic carbocycles. The highest BCUT2D eigenvalue weighted by atomic mass is 33.1. The van der Waals surface area contributed by atoms with Crippen molar-refractivity contribution >= 4 is 51.1 Å². The molecule has 103 heavy (non-hydrogen) atoms. The van der Waals surface area contributed by atoms with Gasteiger partial charge in [-0.15, -0.1) is 0 Å². The maximum atomic E-state index is 13.3. The summed E-state index contributed by atoms with van der Waals surface area (Å²) >= 11 is 0. The number of nitrogens with two attached hydrogens (primary N) is 1. The lowest BCUT2D eigenvalue weighted by atomic mass is 10.1. The Labute approximate surface area is 617 Å². The molecule has 2 aliphatic heterocycles. The van der Waals surface area contributed by atoms with Crippen LogP contribution < -0.4 is 21.7 Å². The van der Waals surface area contributed by atoms with Crippen molar-refractivity contribution in [1.29, 1.82) is 0 Å². The molecule has 36 heteroatoms. The molecule has 2 rings (SSSR count). The second-order valence-electron chi connectivity index (χ2n) is 22.0. The van der Waals surface area contributed by atoms with Crippen LogP contribution in [0.1, 0.15) is 32.1 Å². The summed E-state index contributed by atoms with van der Waals surface area (Å²) in [7, 11) is 5.06. The first-order valence-electron chi connectivity index (χ1n) is 36.0. The molecule has 0 saturated carbocycles. The van der Waals surface area contributed by atoms with E-state index in [1.54, 1.807) is 28.7 Å². The SMILES string of the molecule is COCCOCCOCCOCCOCCOCCOCCOCCOCCOCCOCCOCCOCCOCCOCCOCCOCCOCCOCCOCCOCCOCCOCCOCCC(=O)NCCCC[C@H](NC(=O)[C@H](CN)N1C(=O)C=CC1=O)C(=O)NC1CCSSC1. The number of ether oxygens (including phenoxy) is 24. The quantitative estimate of drug-likeness (QED) is 0.0345. The lowest BCUT2D eigenvalue weighted by Crippen LogP contribution is -2.58. The Morgan fingerprint density at radius 1 is 0.398 bits per heavy atom. The molecule has 1 unspecified atom stereocenters. The minimum atomic E-state index is -1.25. The fourth-order valence-electron chi connectivity index (χ4n) is 8.50. The van der Waals surface area contributed by atoms with E-state index >= 15 is 0 Å².